The first-order valence-corrected chi connectivity index (χ1v) is 6.38. The molecule has 0 aliphatic carbocycles. The van der Waals surface area contributed by atoms with Gasteiger partial charge < -0.3 is 20.4 Å². The largest absolute Gasteiger partial charge is 0.494 e. The molecule has 1 heterocycles. The molecule has 1 aromatic carbocycles. The van der Waals surface area contributed by atoms with Crippen LogP contribution in [0.3, 0.4) is 0 Å². The summed E-state index contributed by atoms with van der Waals surface area (Å²) in [7, 11) is -0.333. The quantitative estimate of drug-likeness (QED) is 0.814. The van der Waals surface area contributed by atoms with E-state index in [2.05, 4.69) is 11.9 Å². The maximum Gasteiger partial charge on any atom is 0.494 e. The lowest BCUT2D eigenvalue weighted by atomic mass is 9.79. The van der Waals surface area contributed by atoms with Crippen molar-refractivity contribution < 1.29 is 9.31 Å². The minimum Gasteiger partial charge on any atom is -0.399 e. The van der Waals surface area contributed by atoms with Crippen molar-refractivity contribution in [3.05, 3.63) is 36.7 Å². The van der Waals surface area contributed by atoms with Gasteiger partial charge in [0.2, 0.25) is 0 Å². The molecule has 0 saturated carbocycles. The lowest BCUT2D eigenvalue weighted by molar-refractivity contribution is 0.00578. The fourth-order valence-electron chi connectivity index (χ4n) is 1.89. The van der Waals surface area contributed by atoms with Crippen LogP contribution >= 0.6 is 0 Å². The zero-order chi connectivity index (χ0) is 14.3. The monoisotopic (exact) mass is 260 g/mol. The van der Waals surface area contributed by atoms with Crippen molar-refractivity contribution in [1.82, 2.24) is 0 Å². The van der Waals surface area contributed by atoms with Gasteiger partial charge in [-0.15, -0.1) is 0 Å². The lowest BCUT2D eigenvalue weighted by Gasteiger charge is -2.32. The molecule has 19 heavy (non-hydrogen) atoms. The molecule has 1 fully saturated rings. The Kier molecular flexibility index (Phi) is 3.37. The van der Waals surface area contributed by atoms with Gasteiger partial charge in [-0.05, 0) is 45.3 Å². The molecule has 2 rings (SSSR count). The number of benzene rings is 1. The van der Waals surface area contributed by atoms with E-state index in [0.29, 0.717) is 5.82 Å². The van der Waals surface area contributed by atoms with Crippen molar-refractivity contribution in [3.8, 4) is 0 Å². The zero-order valence-corrected chi connectivity index (χ0v) is 12.0. The van der Waals surface area contributed by atoms with Crippen molar-refractivity contribution >= 4 is 18.3 Å². The Morgan fingerprint density at radius 3 is 2.00 bits per heavy atom. The molecule has 1 aromatic rings. The SMILES string of the molecule is C=C(N)Nc1ccc(B2OC(C)(C)C(C)(C)O2)cc1. The molecule has 1 aliphatic heterocycles. The first-order chi connectivity index (χ1) is 8.71. The van der Waals surface area contributed by atoms with E-state index in [1.54, 1.807) is 0 Å². The summed E-state index contributed by atoms with van der Waals surface area (Å²) in [5.74, 6) is 0.420. The molecule has 1 saturated heterocycles. The molecule has 102 valence electrons. The Labute approximate surface area is 115 Å². The Morgan fingerprint density at radius 2 is 1.58 bits per heavy atom. The average molecular weight is 260 g/mol. The predicted molar refractivity (Wildman–Crippen MR) is 79.1 cm³/mol. The minimum atomic E-state index is -0.333. The molecule has 0 atom stereocenters. The van der Waals surface area contributed by atoms with E-state index >= 15 is 0 Å². The van der Waals surface area contributed by atoms with E-state index in [1.165, 1.54) is 0 Å². The maximum absolute atomic E-state index is 5.99. The van der Waals surface area contributed by atoms with Crippen LogP contribution in [0, 0.1) is 0 Å². The number of hydrogen-bond acceptors (Lipinski definition) is 4. The second-order valence-electron chi connectivity index (χ2n) is 5.86. The van der Waals surface area contributed by atoms with Gasteiger partial charge in [-0.25, -0.2) is 0 Å². The van der Waals surface area contributed by atoms with Gasteiger partial charge in [0.1, 0.15) is 0 Å². The third kappa shape index (κ3) is 2.77. The average Bonchev–Trinajstić information content (AvgIpc) is 2.48. The maximum atomic E-state index is 5.99. The van der Waals surface area contributed by atoms with Crippen LogP contribution in [-0.2, 0) is 9.31 Å². The Morgan fingerprint density at radius 1 is 1.11 bits per heavy atom. The molecule has 0 amide bonds. The lowest BCUT2D eigenvalue weighted by Crippen LogP contribution is -2.41. The van der Waals surface area contributed by atoms with Gasteiger partial charge >= 0.3 is 7.12 Å². The first kappa shape index (κ1) is 14.0. The molecular weight excluding hydrogens is 239 g/mol. The van der Waals surface area contributed by atoms with Gasteiger partial charge in [0.05, 0.1) is 17.0 Å². The van der Waals surface area contributed by atoms with Crippen LogP contribution in [-0.4, -0.2) is 18.3 Å². The fourth-order valence-corrected chi connectivity index (χ4v) is 1.89. The highest BCUT2D eigenvalue weighted by Crippen LogP contribution is 2.36. The van der Waals surface area contributed by atoms with Crippen molar-refractivity contribution in [2.75, 3.05) is 5.32 Å². The van der Waals surface area contributed by atoms with Gasteiger partial charge in [0.15, 0.2) is 0 Å². The highest BCUT2D eigenvalue weighted by Gasteiger charge is 2.51. The molecule has 3 N–H and O–H groups in total. The molecule has 0 spiro atoms. The van der Waals surface area contributed by atoms with Crippen molar-refractivity contribution in [1.29, 1.82) is 0 Å². The summed E-state index contributed by atoms with van der Waals surface area (Å²) in [6.45, 7) is 11.8. The van der Waals surface area contributed by atoms with Gasteiger partial charge in [-0.2, -0.15) is 0 Å². The minimum absolute atomic E-state index is 0.319. The summed E-state index contributed by atoms with van der Waals surface area (Å²) in [4.78, 5) is 0. The van der Waals surface area contributed by atoms with E-state index in [1.807, 2.05) is 52.0 Å². The van der Waals surface area contributed by atoms with Gasteiger partial charge in [0, 0.05) is 5.69 Å². The summed E-state index contributed by atoms with van der Waals surface area (Å²) in [6, 6.07) is 7.79. The van der Waals surface area contributed by atoms with Crippen LogP contribution in [0.15, 0.2) is 36.7 Å². The first-order valence-electron chi connectivity index (χ1n) is 6.38. The molecule has 0 unspecified atom stereocenters. The van der Waals surface area contributed by atoms with Crippen LogP contribution in [0.4, 0.5) is 5.69 Å². The van der Waals surface area contributed by atoms with Crippen molar-refractivity contribution in [3.63, 3.8) is 0 Å². The van der Waals surface area contributed by atoms with Crippen LogP contribution in [0.1, 0.15) is 27.7 Å². The summed E-state index contributed by atoms with van der Waals surface area (Å²) in [6.07, 6.45) is 0. The van der Waals surface area contributed by atoms with E-state index in [4.69, 9.17) is 15.0 Å². The number of anilines is 1. The van der Waals surface area contributed by atoms with Crippen molar-refractivity contribution in [2.24, 2.45) is 5.73 Å². The van der Waals surface area contributed by atoms with E-state index in [9.17, 15) is 0 Å². The number of hydrogen-bond donors (Lipinski definition) is 2. The summed E-state index contributed by atoms with van der Waals surface area (Å²) in [5.41, 5.74) is 6.75. The van der Waals surface area contributed by atoms with Crippen molar-refractivity contribution in [2.45, 2.75) is 38.9 Å². The molecule has 5 heteroatoms. The Balaban J connectivity index is 2.14. The third-order valence-corrected chi connectivity index (χ3v) is 3.74. The van der Waals surface area contributed by atoms with Gasteiger partial charge in [-0.1, -0.05) is 18.7 Å². The highest BCUT2D eigenvalue weighted by atomic mass is 16.7. The number of nitrogens with two attached hydrogens (primary N) is 1. The van der Waals surface area contributed by atoms with Crippen LogP contribution in [0.2, 0.25) is 0 Å². The molecule has 1 aliphatic rings. The topological polar surface area (TPSA) is 56.5 Å². The highest BCUT2D eigenvalue weighted by molar-refractivity contribution is 6.62. The van der Waals surface area contributed by atoms with Gasteiger partial charge in [0.25, 0.3) is 0 Å². The Hall–Kier alpha value is -1.46. The summed E-state index contributed by atoms with van der Waals surface area (Å²) >= 11 is 0. The van der Waals surface area contributed by atoms with Gasteiger partial charge in [-0.3, -0.25) is 0 Å². The molecule has 0 aromatic heterocycles. The fraction of sp³-hybridized carbons (Fsp3) is 0.429. The Bertz CT molecular complexity index is 467. The summed E-state index contributed by atoms with van der Waals surface area (Å²) in [5, 5.41) is 2.96. The smallest absolute Gasteiger partial charge is 0.399 e. The second kappa shape index (κ2) is 4.58. The normalized spacial score (nSPS) is 20.3. The van der Waals surface area contributed by atoms with E-state index in [-0.39, 0.29) is 18.3 Å². The van der Waals surface area contributed by atoms with E-state index in [0.717, 1.165) is 11.2 Å². The predicted octanol–water partition coefficient (Wildman–Crippen LogP) is 1.83. The zero-order valence-electron chi connectivity index (χ0n) is 12.0. The standard InChI is InChI=1S/C14H21BN2O2/c1-10(16)17-12-8-6-11(7-9-12)15-18-13(2,3)14(4,5)19-15/h6-9,17H,1,16H2,2-5H3. The summed E-state index contributed by atoms with van der Waals surface area (Å²) < 4.78 is 12.0. The van der Waals surface area contributed by atoms with Crippen LogP contribution < -0.4 is 16.5 Å². The van der Waals surface area contributed by atoms with E-state index < -0.39 is 0 Å². The number of nitrogens with one attached hydrogen (secondary N) is 1. The molecular formula is C14H21BN2O2. The van der Waals surface area contributed by atoms with Crippen LogP contribution in [0.5, 0.6) is 0 Å². The molecule has 0 bridgehead atoms. The second-order valence-corrected chi connectivity index (χ2v) is 5.86. The third-order valence-electron chi connectivity index (χ3n) is 3.74. The van der Waals surface area contributed by atoms with Crippen LogP contribution in [0.25, 0.3) is 0 Å². The number of rotatable bonds is 3. The molecule has 0 radical (unpaired) electrons. The molecule has 4 nitrogen and oxygen atoms in total.